The van der Waals surface area contributed by atoms with Crippen molar-refractivity contribution >= 4 is 8.32 Å². The highest BCUT2D eigenvalue weighted by Gasteiger charge is 2.26. The number of benzene rings is 1. The fourth-order valence-corrected chi connectivity index (χ4v) is 5.14. The smallest absolute Gasteiger partial charge is 0.183 e. The van der Waals surface area contributed by atoms with Crippen LogP contribution in [0.1, 0.15) is 129 Å². The van der Waals surface area contributed by atoms with Gasteiger partial charge in [-0.15, -0.1) is 0 Å². The second kappa shape index (κ2) is 13.9. The van der Waals surface area contributed by atoms with Crippen LogP contribution >= 0.6 is 0 Å². The first-order chi connectivity index (χ1) is 15.2. The minimum Gasteiger partial charge on any atom is -0.507 e. The van der Waals surface area contributed by atoms with Gasteiger partial charge < -0.3 is 9.53 Å². The number of aryl methyl sites for hydroxylation is 1. The van der Waals surface area contributed by atoms with Crippen LogP contribution in [0.25, 0.3) is 0 Å². The van der Waals surface area contributed by atoms with E-state index in [0.29, 0.717) is 5.75 Å². The van der Waals surface area contributed by atoms with Crippen LogP contribution in [0.2, 0.25) is 19.6 Å². The van der Waals surface area contributed by atoms with E-state index in [1.165, 1.54) is 76.2 Å². The molecule has 0 heterocycles. The Balaban J connectivity index is 2.22. The number of unbranched alkanes of at least 4 members (excludes halogenated alkanes) is 10. The highest BCUT2D eigenvalue weighted by molar-refractivity contribution is 6.69. The van der Waals surface area contributed by atoms with Crippen molar-refractivity contribution in [3.63, 3.8) is 0 Å². The van der Waals surface area contributed by atoms with Gasteiger partial charge in [-0.25, -0.2) is 0 Å². The van der Waals surface area contributed by atoms with Gasteiger partial charge in [0.05, 0.1) is 0 Å². The predicted octanol–water partition coefficient (Wildman–Crippen LogP) is 9.67. The molecule has 0 fully saturated rings. The summed E-state index contributed by atoms with van der Waals surface area (Å²) in [6.07, 6.45) is 15.9. The van der Waals surface area contributed by atoms with Crippen LogP contribution in [0.3, 0.4) is 0 Å². The van der Waals surface area contributed by atoms with Gasteiger partial charge in [0.25, 0.3) is 0 Å². The van der Waals surface area contributed by atoms with Gasteiger partial charge >= 0.3 is 0 Å². The molecule has 0 aromatic heterocycles. The molecule has 0 aliphatic heterocycles. The molecule has 1 aromatic carbocycles. The Hall–Kier alpha value is -0.803. The van der Waals surface area contributed by atoms with Crippen molar-refractivity contribution in [2.45, 2.75) is 149 Å². The third kappa shape index (κ3) is 13.0. The number of phenolic OH excluding ortho intramolecular Hbond substituents is 1. The van der Waals surface area contributed by atoms with Crippen molar-refractivity contribution in [1.82, 2.24) is 0 Å². The summed E-state index contributed by atoms with van der Waals surface area (Å²) in [7, 11) is -1.31. The Morgan fingerprint density at radius 2 is 1.00 bits per heavy atom. The van der Waals surface area contributed by atoms with E-state index in [9.17, 15) is 5.11 Å². The van der Waals surface area contributed by atoms with Crippen molar-refractivity contribution in [3.05, 3.63) is 28.8 Å². The molecular weight excluding hydrogens is 420 g/mol. The lowest BCUT2D eigenvalue weighted by Crippen LogP contribution is -2.25. The number of phenols is 1. The largest absolute Gasteiger partial charge is 0.507 e. The molecule has 0 radical (unpaired) electrons. The SMILES string of the molecule is CC(C)(C)c1cc(CCCCCCCCCCCCCO[Si](C)(C)C)cc(C(C)(C)C)c1O. The molecule has 0 aliphatic rings. The van der Waals surface area contributed by atoms with E-state index in [1.807, 2.05) is 0 Å². The van der Waals surface area contributed by atoms with E-state index < -0.39 is 8.32 Å². The number of hydrogen-bond donors (Lipinski definition) is 1. The third-order valence-electron chi connectivity index (χ3n) is 6.43. The standard InChI is InChI=1S/C30H56O2Si/c1-29(2,3)26-23-25(24-27(28(26)31)30(4,5)6)21-19-17-15-13-11-10-12-14-16-18-20-22-32-33(7,8)9/h23-24,31H,10-22H2,1-9H3. The molecule has 2 nitrogen and oxygen atoms in total. The molecule has 33 heavy (non-hydrogen) atoms. The summed E-state index contributed by atoms with van der Waals surface area (Å²) in [6, 6.07) is 4.50. The summed E-state index contributed by atoms with van der Waals surface area (Å²) in [6.45, 7) is 21.0. The van der Waals surface area contributed by atoms with Crippen molar-refractivity contribution in [2.75, 3.05) is 6.61 Å². The van der Waals surface area contributed by atoms with Crippen LogP contribution < -0.4 is 0 Å². The van der Waals surface area contributed by atoms with Crippen molar-refractivity contribution in [2.24, 2.45) is 0 Å². The molecule has 1 aromatic rings. The highest BCUT2D eigenvalue weighted by atomic mass is 28.4. The maximum absolute atomic E-state index is 10.9. The minimum absolute atomic E-state index is 0.0398. The van der Waals surface area contributed by atoms with Crippen LogP contribution in [0.5, 0.6) is 5.75 Å². The van der Waals surface area contributed by atoms with Crippen LogP contribution in [0.15, 0.2) is 12.1 Å². The van der Waals surface area contributed by atoms with E-state index >= 15 is 0 Å². The lowest BCUT2D eigenvalue weighted by molar-refractivity contribution is 0.298. The first kappa shape index (κ1) is 30.2. The summed E-state index contributed by atoms with van der Waals surface area (Å²) in [5.74, 6) is 0.499. The zero-order chi connectivity index (χ0) is 25.1. The van der Waals surface area contributed by atoms with Gasteiger partial charge in [-0.2, -0.15) is 0 Å². The average Bonchev–Trinajstić information content (AvgIpc) is 2.66. The van der Waals surface area contributed by atoms with Crippen molar-refractivity contribution in [1.29, 1.82) is 0 Å². The summed E-state index contributed by atoms with van der Waals surface area (Å²) < 4.78 is 5.92. The molecule has 0 saturated heterocycles. The molecule has 0 spiro atoms. The molecule has 1 N–H and O–H groups in total. The summed E-state index contributed by atoms with van der Waals surface area (Å²) in [5, 5.41) is 10.9. The van der Waals surface area contributed by atoms with Crippen LogP contribution in [0.4, 0.5) is 0 Å². The van der Waals surface area contributed by atoms with Crippen LogP contribution in [0, 0.1) is 0 Å². The lowest BCUT2D eigenvalue weighted by atomic mass is 9.78. The molecule has 0 saturated carbocycles. The van der Waals surface area contributed by atoms with E-state index in [4.69, 9.17) is 4.43 Å². The number of hydrogen-bond acceptors (Lipinski definition) is 2. The van der Waals surface area contributed by atoms with Crippen molar-refractivity contribution < 1.29 is 9.53 Å². The summed E-state index contributed by atoms with van der Waals surface area (Å²) >= 11 is 0. The molecule has 0 unspecified atom stereocenters. The normalized spacial score (nSPS) is 13.0. The predicted molar refractivity (Wildman–Crippen MR) is 149 cm³/mol. The zero-order valence-electron chi connectivity index (χ0n) is 23.7. The monoisotopic (exact) mass is 476 g/mol. The van der Waals surface area contributed by atoms with E-state index in [-0.39, 0.29) is 10.8 Å². The Labute approximate surface area is 208 Å². The number of rotatable bonds is 15. The Morgan fingerprint density at radius 3 is 1.36 bits per heavy atom. The second-order valence-electron chi connectivity index (χ2n) is 13.1. The molecule has 1 rings (SSSR count). The Morgan fingerprint density at radius 1 is 0.636 bits per heavy atom. The Bertz CT molecular complexity index is 639. The summed E-state index contributed by atoms with van der Waals surface area (Å²) in [4.78, 5) is 0. The topological polar surface area (TPSA) is 29.5 Å². The maximum Gasteiger partial charge on any atom is 0.183 e. The first-order valence-corrected chi connectivity index (χ1v) is 17.1. The van der Waals surface area contributed by atoms with Crippen molar-refractivity contribution in [3.8, 4) is 5.75 Å². The quantitative estimate of drug-likeness (QED) is 0.202. The molecule has 0 bridgehead atoms. The fraction of sp³-hybridized carbons (Fsp3) is 0.800. The van der Waals surface area contributed by atoms with Gasteiger partial charge in [-0.3, -0.25) is 0 Å². The second-order valence-corrected chi connectivity index (χ2v) is 17.7. The van der Waals surface area contributed by atoms with E-state index in [1.54, 1.807) is 0 Å². The van der Waals surface area contributed by atoms with Gasteiger partial charge in [0.2, 0.25) is 0 Å². The van der Waals surface area contributed by atoms with E-state index in [0.717, 1.165) is 24.2 Å². The first-order valence-electron chi connectivity index (χ1n) is 13.7. The van der Waals surface area contributed by atoms with Crippen LogP contribution in [-0.2, 0) is 21.7 Å². The molecular formula is C30H56O2Si. The molecule has 0 atom stereocenters. The number of aromatic hydroxyl groups is 1. The fourth-order valence-electron chi connectivity index (χ4n) is 4.38. The third-order valence-corrected chi connectivity index (χ3v) is 7.50. The van der Waals surface area contributed by atoms with Gasteiger partial charge in [0.1, 0.15) is 5.75 Å². The molecule has 0 amide bonds. The summed E-state index contributed by atoms with van der Waals surface area (Å²) in [5.41, 5.74) is 3.49. The van der Waals surface area contributed by atoms with E-state index in [2.05, 4.69) is 73.3 Å². The zero-order valence-corrected chi connectivity index (χ0v) is 24.7. The Kier molecular flexibility index (Phi) is 12.8. The molecule has 192 valence electrons. The van der Waals surface area contributed by atoms with Gasteiger partial charge in [0.15, 0.2) is 8.32 Å². The maximum atomic E-state index is 10.9. The lowest BCUT2D eigenvalue weighted by Gasteiger charge is -2.28. The minimum atomic E-state index is -1.31. The van der Waals surface area contributed by atoms with Gasteiger partial charge in [-0.1, -0.05) is 111 Å². The average molecular weight is 477 g/mol. The highest BCUT2D eigenvalue weighted by Crippen LogP contribution is 2.40. The molecule has 3 heteroatoms. The molecule has 0 aliphatic carbocycles. The van der Waals surface area contributed by atoms with Gasteiger partial charge in [0, 0.05) is 6.61 Å². The van der Waals surface area contributed by atoms with Crippen LogP contribution in [-0.4, -0.2) is 20.0 Å². The van der Waals surface area contributed by atoms with Gasteiger partial charge in [-0.05, 0) is 66.4 Å².